The van der Waals surface area contributed by atoms with E-state index in [4.69, 9.17) is 4.74 Å². The summed E-state index contributed by atoms with van der Waals surface area (Å²) in [5.41, 5.74) is 1.89. The van der Waals surface area contributed by atoms with E-state index in [-0.39, 0.29) is 23.3 Å². The maximum atomic E-state index is 14.0. The fourth-order valence-electron chi connectivity index (χ4n) is 3.85. The lowest BCUT2D eigenvalue weighted by Gasteiger charge is -2.31. The number of amides is 1. The molecule has 1 aliphatic heterocycles. The molecule has 7 nitrogen and oxygen atoms in total. The molecule has 0 aliphatic carbocycles. The van der Waals surface area contributed by atoms with Gasteiger partial charge in [-0.2, -0.15) is 5.10 Å². The third kappa shape index (κ3) is 3.72. The number of rotatable bonds is 4. The third-order valence-corrected chi connectivity index (χ3v) is 5.54. The van der Waals surface area contributed by atoms with Crippen molar-refractivity contribution in [3.63, 3.8) is 0 Å². The fourth-order valence-corrected chi connectivity index (χ4v) is 3.85. The first kappa shape index (κ1) is 19.9. The summed E-state index contributed by atoms with van der Waals surface area (Å²) in [5, 5.41) is 6.80. The second-order valence-electron chi connectivity index (χ2n) is 7.47. The van der Waals surface area contributed by atoms with Crippen molar-refractivity contribution in [2.24, 2.45) is 0 Å². The minimum absolute atomic E-state index is 0.0434. The van der Waals surface area contributed by atoms with Gasteiger partial charge in [-0.05, 0) is 50.1 Å². The van der Waals surface area contributed by atoms with Gasteiger partial charge in [0.15, 0.2) is 11.6 Å². The van der Waals surface area contributed by atoms with Crippen molar-refractivity contribution in [3.8, 4) is 11.4 Å². The second kappa shape index (κ2) is 8.14. The number of benzene rings is 2. The van der Waals surface area contributed by atoms with Gasteiger partial charge in [-0.3, -0.25) is 4.79 Å². The smallest absolute Gasteiger partial charge is 0.347 e. The largest absolute Gasteiger partial charge is 0.494 e. The van der Waals surface area contributed by atoms with Crippen molar-refractivity contribution >= 4 is 5.91 Å². The molecular formula is C22H23FN4O3. The highest BCUT2D eigenvalue weighted by atomic mass is 19.1. The van der Waals surface area contributed by atoms with E-state index in [2.05, 4.69) is 10.2 Å². The van der Waals surface area contributed by atoms with Gasteiger partial charge in [-0.1, -0.05) is 17.7 Å². The summed E-state index contributed by atoms with van der Waals surface area (Å²) in [5.74, 6) is 0.0519. The molecule has 0 saturated carbocycles. The van der Waals surface area contributed by atoms with Gasteiger partial charge >= 0.3 is 5.69 Å². The lowest BCUT2D eigenvalue weighted by Crippen LogP contribution is -2.38. The summed E-state index contributed by atoms with van der Waals surface area (Å²) >= 11 is 0. The van der Waals surface area contributed by atoms with Gasteiger partial charge in [0, 0.05) is 24.6 Å². The van der Waals surface area contributed by atoms with Crippen molar-refractivity contribution in [3.05, 3.63) is 75.7 Å². The zero-order chi connectivity index (χ0) is 21.3. The van der Waals surface area contributed by atoms with E-state index in [0.717, 1.165) is 11.3 Å². The topological polar surface area (TPSA) is 80.2 Å². The lowest BCUT2D eigenvalue weighted by atomic mass is 9.95. The molecule has 156 valence electrons. The molecule has 1 aliphatic rings. The Bertz CT molecular complexity index is 1110. The Morgan fingerprint density at radius 1 is 1.17 bits per heavy atom. The number of likely N-dealkylation sites (tertiary alicyclic amines) is 1. The van der Waals surface area contributed by atoms with Crippen LogP contribution in [0.15, 0.2) is 47.3 Å². The number of hydrogen-bond donors (Lipinski definition) is 1. The molecule has 0 unspecified atom stereocenters. The van der Waals surface area contributed by atoms with Crippen LogP contribution in [0.25, 0.3) is 5.69 Å². The van der Waals surface area contributed by atoms with Crippen LogP contribution in [0.2, 0.25) is 0 Å². The summed E-state index contributed by atoms with van der Waals surface area (Å²) in [4.78, 5) is 26.8. The highest BCUT2D eigenvalue weighted by Crippen LogP contribution is 2.28. The molecule has 1 N–H and O–H groups in total. The molecule has 30 heavy (non-hydrogen) atoms. The SMILES string of the molecule is COc1ccc(C(=O)N2CCC(c3n[nH]c(=O)n3-c3ccc(C)cc3)CC2)cc1F. The average Bonchev–Trinajstić information content (AvgIpc) is 3.15. The number of carbonyl (C=O) groups excluding carboxylic acids is 1. The number of aryl methyl sites for hydroxylation is 1. The van der Waals surface area contributed by atoms with Crippen LogP contribution in [-0.2, 0) is 0 Å². The van der Waals surface area contributed by atoms with E-state index in [1.807, 2.05) is 31.2 Å². The van der Waals surface area contributed by atoms with Crippen LogP contribution >= 0.6 is 0 Å². The van der Waals surface area contributed by atoms with Gasteiger partial charge in [0.05, 0.1) is 12.8 Å². The molecule has 0 atom stereocenters. The Hall–Kier alpha value is -3.42. The fraction of sp³-hybridized carbons (Fsp3) is 0.318. The molecule has 8 heteroatoms. The molecule has 4 rings (SSSR count). The van der Waals surface area contributed by atoms with Gasteiger partial charge in [-0.15, -0.1) is 0 Å². The van der Waals surface area contributed by atoms with Crippen molar-refractivity contribution in [2.45, 2.75) is 25.7 Å². The Morgan fingerprint density at radius 2 is 1.87 bits per heavy atom. The minimum atomic E-state index is -0.558. The van der Waals surface area contributed by atoms with E-state index in [0.29, 0.717) is 37.3 Å². The first-order valence-corrected chi connectivity index (χ1v) is 9.85. The molecule has 1 saturated heterocycles. The number of piperidine rings is 1. The lowest BCUT2D eigenvalue weighted by molar-refractivity contribution is 0.0710. The summed E-state index contributed by atoms with van der Waals surface area (Å²) < 4.78 is 20.5. The second-order valence-corrected chi connectivity index (χ2v) is 7.47. The van der Waals surface area contributed by atoms with Gasteiger partial charge < -0.3 is 9.64 Å². The Labute approximate surface area is 173 Å². The maximum Gasteiger partial charge on any atom is 0.347 e. The van der Waals surface area contributed by atoms with Gasteiger partial charge in [0.1, 0.15) is 5.82 Å². The number of aromatic nitrogens is 3. The molecule has 1 aromatic heterocycles. The molecular weight excluding hydrogens is 387 g/mol. The van der Waals surface area contributed by atoms with Crippen LogP contribution in [0.1, 0.15) is 40.5 Å². The number of halogens is 1. The van der Waals surface area contributed by atoms with Crippen molar-refractivity contribution in [2.75, 3.05) is 20.2 Å². The molecule has 0 radical (unpaired) electrons. The minimum Gasteiger partial charge on any atom is -0.494 e. The monoisotopic (exact) mass is 410 g/mol. The molecule has 0 spiro atoms. The van der Waals surface area contributed by atoms with Crippen molar-refractivity contribution in [1.29, 1.82) is 0 Å². The zero-order valence-corrected chi connectivity index (χ0v) is 16.9. The quantitative estimate of drug-likeness (QED) is 0.717. The summed E-state index contributed by atoms with van der Waals surface area (Å²) in [6.45, 7) is 3.00. The molecule has 0 bridgehead atoms. The number of H-pyrrole nitrogens is 1. The number of carbonyl (C=O) groups is 1. The Kier molecular flexibility index (Phi) is 5.39. The number of hydrogen-bond acceptors (Lipinski definition) is 4. The standard InChI is InChI=1S/C22H23FN4O3/c1-14-3-6-17(7-4-14)27-20(24-25-22(27)29)15-9-11-26(12-10-15)21(28)16-5-8-19(30-2)18(23)13-16/h3-8,13,15H,9-12H2,1-2H3,(H,25,29). The van der Waals surface area contributed by atoms with E-state index < -0.39 is 5.82 Å². The first-order valence-electron chi connectivity index (χ1n) is 9.85. The van der Waals surface area contributed by atoms with E-state index in [9.17, 15) is 14.0 Å². The summed E-state index contributed by atoms with van der Waals surface area (Å²) in [7, 11) is 1.38. The highest BCUT2D eigenvalue weighted by Gasteiger charge is 2.28. The predicted octanol–water partition coefficient (Wildman–Crippen LogP) is 3.04. The van der Waals surface area contributed by atoms with E-state index in [1.165, 1.54) is 19.2 Å². The molecule has 1 amide bonds. The van der Waals surface area contributed by atoms with Crippen LogP contribution in [-0.4, -0.2) is 45.8 Å². The Morgan fingerprint density at radius 3 is 2.50 bits per heavy atom. The highest BCUT2D eigenvalue weighted by molar-refractivity contribution is 5.94. The van der Waals surface area contributed by atoms with Crippen LogP contribution in [0, 0.1) is 12.7 Å². The maximum absolute atomic E-state index is 14.0. The van der Waals surface area contributed by atoms with E-state index in [1.54, 1.807) is 15.5 Å². The number of ether oxygens (including phenoxy) is 1. The van der Waals surface area contributed by atoms with Crippen LogP contribution in [0.3, 0.4) is 0 Å². The molecule has 2 heterocycles. The number of nitrogens with one attached hydrogen (secondary N) is 1. The third-order valence-electron chi connectivity index (χ3n) is 5.54. The Balaban J connectivity index is 1.49. The average molecular weight is 410 g/mol. The van der Waals surface area contributed by atoms with Gasteiger partial charge in [0.2, 0.25) is 0 Å². The van der Waals surface area contributed by atoms with Gasteiger partial charge in [-0.25, -0.2) is 18.9 Å². The van der Waals surface area contributed by atoms with Crippen LogP contribution < -0.4 is 10.4 Å². The van der Waals surface area contributed by atoms with Crippen molar-refractivity contribution in [1.82, 2.24) is 19.7 Å². The number of methoxy groups -OCH3 is 1. The number of aromatic amines is 1. The van der Waals surface area contributed by atoms with Crippen LogP contribution in [0.5, 0.6) is 5.75 Å². The number of nitrogens with zero attached hydrogens (tertiary/aromatic N) is 3. The van der Waals surface area contributed by atoms with Crippen LogP contribution in [0.4, 0.5) is 4.39 Å². The summed E-state index contributed by atoms with van der Waals surface area (Å²) in [6, 6.07) is 11.9. The normalized spacial score (nSPS) is 14.7. The molecule has 2 aromatic carbocycles. The van der Waals surface area contributed by atoms with Gasteiger partial charge in [0.25, 0.3) is 5.91 Å². The van der Waals surface area contributed by atoms with Crippen molar-refractivity contribution < 1.29 is 13.9 Å². The van der Waals surface area contributed by atoms with E-state index >= 15 is 0 Å². The first-order chi connectivity index (χ1) is 14.5. The predicted molar refractivity (Wildman–Crippen MR) is 110 cm³/mol. The molecule has 1 fully saturated rings. The molecule has 3 aromatic rings. The zero-order valence-electron chi connectivity index (χ0n) is 16.9. The summed E-state index contributed by atoms with van der Waals surface area (Å²) in [6.07, 6.45) is 1.33.